The molecular weight excluding hydrogens is 316 g/mol. The van der Waals surface area contributed by atoms with E-state index in [0.717, 1.165) is 17.1 Å². The highest BCUT2D eigenvalue weighted by atomic mass is 79.9. The molecular formula is C13H16BrClN2O. The number of likely N-dealkylation sites (N-methyl/N-ethyl adjacent to an activating group) is 1. The second-order valence-electron chi connectivity index (χ2n) is 4.60. The molecule has 0 spiro atoms. The molecule has 18 heavy (non-hydrogen) atoms. The topological polar surface area (TPSA) is 32.3 Å². The second-order valence-corrected chi connectivity index (χ2v) is 5.86. The number of carbonyl (C=O) groups is 1. The molecule has 0 bridgehead atoms. The average molecular weight is 332 g/mol. The summed E-state index contributed by atoms with van der Waals surface area (Å²) in [5, 5.41) is 3.46. The first-order valence-corrected chi connectivity index (χ1v) is 7.18. The SMILES string of the molecule is CN(CCNC(=O)c1ccc(Br)c(Cl)c1)C1CC1. The van der Waals surface area contributed by atoms with E-state index in [1.54, 1.807) is 18.2 Å². The smallest absolute Gasteiger partial charge is 0.251 e. The van der Waals surface area contributed by atoms with Gasteiger partial charge in [-0.1, -0.05) is 11.6 Å². The van der Waals surface area contributed by atoms with E-state index in [9.17, 15) is 4.79 Å². The van der Waals surface area contributed by atoms with Gasteiger partial charge in [-0.2, -0.15) is 0 Å². The van der Waals surface area contributed by atoms with E-state index in [4.69, 9.17) is 11.6 Å². The Kier molecular flexibility index (Phi) is 4.65. The molecule has 0 aliphatic heterocycles. The number of nitrogens with zero attached hydrogens (tertiary/aromatic N) is 1. The van der Waals surface area contributed by atoms with Crippen LogP contribution in [0.2, 0.25) is 5.02 Å². The molecule has 1 aromatic carbocycles. The Morgan fingerprint density at radius 1 is 1.56 bits per heavy atom. The third kappa shape index (κ3) is 3.70. The van der Waals surface area contributed by atoms with Gasteiger partial charge in [0.15, 0.2) is 0 Å². The highest BCUT2D eigenvalue weighted by molar-refractivity contribution is 9.10. The maximum Gasteiger partial charge on any atom is 0.251 e. The summed E-state index contributed by atoms with van der Waals surface area (Å²) in [6.07, 6.45) is 2.57. The molecule has 0 unspecified atom stereocenters. The van der Waals surface area contributed by atoms with Gasteiger partial charge in [-0.3, -0.25) is 4.79 Å². The fourth-order valence-corrected chi connectivity index (χ4v) is 2.21. The van der Waals surface area contributed by atoms with Crippen molar-refractivity contribution < 1.29 is 4.79 Å². The summed E-state index contributed by atoms with van der Waals surface area (Å²) in [6, 6.07) is 5.94. The number of carbonyl (C=O) groups excluding carboxylic acids is 1. The summed E-state index contributed by atoms with van der Waals surface area (Å²) in [5.74, 6) is -0.0754. The van der Waals surface area contributed by atoms with Gasteiger partial charge in [-0.05, 0) is 54.0 Å². The van der Waals surface area contributed by atoms with Crippen LogP contribution < -0.4 is 5.32 Å². The molecule has 98 valence electrons. The van der Waals surface area contributed by atoms with Gasteiger partial charge < -0.3 is 10.2 Å². The minimum Gasteiger partial charge on any atom is -0.351 e. The lowest BCUT2D eigenvalue weighted by molar-refractivity contribution is 0.0949. The van der Waals surface area contributed by atoms with E-state index >= 15 is 0 Å². The first-order chi connectivity index (χ1) is 8.58. The molecule has 1 saturated carbocycles. The second kappa shape index (κ2) is 6.04. The first-order valence-electron chi connectivity index (χ1n) is 6.01. The molecule has 3 nitrogen and oxygen atoms in total. The molecule has 1 aliphatic rings. The van der Waals surface area contributed by atoms with Crippen LogP contribution in [0.25, 0.3) is 0 Å². The van der Waals surface area contributed by atoms with E-state index in [1.807, 2.05) is 0 Å². The minimum absolute atomic E-state index is 0.0754. The summed E-state index contributed by atoms with van der Waals surface area (Å²) in [4.78, 5) is 14.2. The Hall–Kier alpha value is -0.580. The predicted octanol–water partition coefficient (Wildman–Crippen LogP) is 2.93. The fraction of sp³-hybridized carbons (Fsp3) is 0.462. The zero-order valence-corrected chi connectivity index (χ0v) is 12.6. The van der Waals surface area contributed by atoms with Crippen molar-refractivity contribution in [1.82, 2.24) is 10.2 Å². The lowest BCUT2D eigenvalue weighted by Crippen LogP contribution is -2.33. The monoisotopic (exact) mass is 330 g/mol. The minimum atomic E-state index is -0.0754. The van der Waals surface area contributed by atoms with Gasteiger partial charge in [0.1, 0.15) is 0 Å². The first kappa shape index (κ1) is 13.8. The normalized spacial score (nSPS) is 14.9. The van der Waals surface area contributed by atoms with Gasteiger partial charge in [0, 0.05) is 29.2 Å². The van der Waals surface area contributed by atoms with Crippen molar-refractivity contribution in [2.45, 2.75) is 18.9 Å². The van der Waals surface area contributed by atoms with E-state index in [-0.39, 0.29) is 5.91 Å². The van der Waals surface area contributed by atoms with Gasteiger partial charge in [0.2, 0.25) is 0 Å². The number of benzene rings is 1. The van der Waals surface area contributed by atoms with Crippen molar-refractivity contribution in [3.05, 3.63) is 33.3 Å². The molecule has 0 atom stereocenters. The predicted molar refractivity (Wildman–Crippen MR) is 77.1 cm³/mol. The number of hydrogen-bond donors (Lipinski definition) is 1. The van der Waals surface area contributed by atoms with Crippen molar-refractivity contribution in [2.75, 3.05) is 20.1 Å². The molecule has 0 heterocycles. The number of hydrogen-bond acceptors (Lipinski definition) is 2. The highest BCUT2D eigenvalue weighted by Gasteiger charge is 2.25. The Morgan fingerprint density at radius 2 is 2.28 bits per heavy atom. The van der Waals surface area contributed by atoms with Crippen LogP contribution in [0.4, 0.5) is 0 Å². The Morgan fingerprint density at radius 3 is 2.89 bits per heavy atom. The van der Waals surface area contributed by atoms with Crippen LogP contribution in [0.1, 0.15) is 23.2 Å². The van der Waals surface area contributed by atoms with E-state index in [0.29, 0.717) is 17.1 Å². The molecule has 5 heteroatoms. The molecule has 1 N–H and O–H groups in total. The van der Waals surface area contributed by atoms with E-state index < -0.39 is 0 Å². The maximum absolute atomic E-state index is 11.9. The van der Waals surface area contributed by atoms with Gasteiger partial charge in [0.25, 0.3) is 5.91 Å². The molecule has 1 fully saturated rings. The van der Waals surface area contributed by atoms with Gasteiger partial charge in [0.05, 0.1) is 5.02 Å². The van der Waals surface area contributed by atoms with Crippen molar-refractivity contribution in [3.8, 4) is 0 Å². The number of nitrogens with one attached hydrogen (secondary N) is 1. The Balaban J connectivity index is 1.81. The molecule has 0 aromatic heterocycles. The van der Waals surface area contributed by atoms with E-state index in [2.05, 4.69) is 33.2 Å². The van der Waals surface area contributed by atoms with Crippen molar-refractivity contribution in [2.24, 2.45) is 0 Å². The third-order valence-corrected chi connectivity index (χ3v) is 4.33. The van der Waals surface area contributed by atoms with Crippen molar-refractivity contribution >= 4 is 33.4 Å². The number of rotatable bonds is 5. The third-order valence-electron chi connectivity index (χ3n) is 3.10. The summed E-state index contributed by atoms with van der Waals surface area (Å²) in [5.41, 5.74) is 0.595. The zero-order chi connectivity index (χ0) is 13.1. The lowest BCUT2D eigenvalue weighted by atomic mass is 10.2. The molecule has 0 radical (unpaired) electrons. The van der Waals surface area contributed by atoms with Crippen LogP contribution in [0.3, 0.4) is 0 Å². The van der Waals surface area contributed by atoms with Crippen molar-refractivity contribution in [3.63, 3.8) is 0 Å². The summed E-state index contributed by atoms with van der Waals surface area (Å²) in [7, 11) is 2.10. The summed E-state index contributed by atoms with van der Waals surface area (Å²) in [6.45, 7) is 1.56. The van der Waals surface area contributed by atoms with Crippen LogP contribution in [0.5, 0.6) is 0 Å². The molecule has 1 amide bonds. The lowest BCUT2D eigenvalue weighted by Gasteiger charge is -2.15. The van der Waals surface area contributed by atoms with Crippen LogP contribution in [0, 0.1) is 0 Å². The van der Waals surface area contributed by atoms with Gasteiger partial charge in [-0.25, -0.2) is 0 Å². The van der Waals surface area contributed by atoms with Crippen molar-refractivity contribution in [1.29, 1.82) is 0 Å². The van der Waals surface area contributed by atoms with Crippen LogP contribution >= 0.6 is 27.5 Å². The number of amides is 1. The zero-order valence-electron chi connectivity index (χ0n) is 10.2. The maximum atomic E-state index is 11.9. The van der Waals surface area contributed by atoms with Crippen LogP contribution in [-0.4, -0.2) is 37.0 Å². The molecule has 0 saturated heterocycles. The number of halogens is 2. The molecule has 1 aliphatic carbocycles. The summed E-state index contributed by atoms with van der Waals surface area (Å²) < 4.78 is 0.800. The standard InChI is InChI=1S/C13H16BrClN2O/c1-17(10-3-4-10)7-6-16-13(18)9-2-5-11(14)12(15)8-9/h2,5,8,10H,3-4,6-7H2,1H3,(H,16,18). The quantitative estimate of drug-likeness (QED) is 0.900. The van der Waals surface area contributed by atoms with Crippen LogP contribution in [-0.2, 0) is 0 Å². The fourth-order valence-electron chi connectivity index (χ4n) is 1.78. The van der Waals surface area contributed by atoms with Crippen LogP contribution in [0.15, 0.2) is 22.7 Å². The molecule has 1 aromatic rings. The van der Waals surface area contributed by atoms with E-state index in [1.165, 1.54) is 12.8 Å². The summed E-state index contributed by atoms with van der Waals surface area (Å²) >= 11 is 9.26. The average Bonchev–Trinajstić information content (AvgIpc) is 3.16. The molecule has 2 rings (SSSR count). The van der Waals surface area contributed by atoms with Gasteiger partial charge >= 0.3 is 0 Å². The van der Waals surface area contributed by atoms with Gasteiger partial charge in [-0.15, -0.1) is 0 Å². The highest BCUT2D eigenvalue weighted by Crippen LogP contribution is 2.25. The largest absolute Gasteiger partial charge is 0.351 e. The Bertz CT molecular complexity index is 449. The Labute approximate surface area is 121 Å².